The maximum absolute atomic E-state index is 12.6. The van der Waals surface area contributed by atoms with Gasteiger partial charge in [0.25, 0.3) is 2.21 Å². The number of benzene rings is 1. The molecule has 0 heterocycles. The topological polar surface area (TPSA) is 51.2 Å². The van der Waals surface area contributed by atoms with Crippen LogP contribution in [0.25, 0.3) is 0 Å². The summed E-state index contributed by atoms with van der Waals surface area (Å²) in [4.78, 5) is 11.8. The Morgan fingerprint density at radius 1 is 1.38 bits per heavy atom. The van der Waals surface area contributed by atoms with Crippen molar-refractivity contribution in [1.29, 1.82) is 0 Å². The minimum Gasteiger partial charge on any atom is -0.290 e. The van der Waals surface area contributed by atoms with Crippen LogP contribution in [0.5, 0.6) is 0 Å². The van der Waals surface area contributed by atoms with Crippen LogP contribution in [0.4, 0.5) is 4.39 Å². The SMILES string of the molecule is CS(=O)(=O)[C@](Cl)(I)C(=O)c1ccc(F)cc1. The Labute approximate surface area is 111 Å². The highest BCUT2D eigenvalue weighted by atomic mass is 127. The van der Waals surface area contributed by atoms with Gasteiger partial charge in [-0.2, -0.15) is 0 Å². The molecule has 1 aromatic rings. The van der Waals surface area contributed by atoms with Gasteiger partial charge in [0.2, 0.25) is 5.78 Å². The van der Waals surface area contributed by atoms with Crippen LogP contribution in [-0.2, 0) is 9.84 Å². The summed E-state index contributed by atoms with van der Waals surface area (Å²) in [6.07, 6.45) is 0.869. The number of alkyl halides is 2. The quantitative estimate of drug-likeness (QED) is 0.462. The van der Waals surface area contributed by atoms with Gasteiger partial charge in [-0.05, 0) is 46.9 Å². The molecule has 1 rings (SSSR count). The highest BCUT2D eigenvalue weighted by Crippen LogP contribution is 2.34. The minimum absolute atomic E-state index is 0.0521. The Balaban J connectivity index is 3.18. The third kappa shape index (κ3) is 2.72. The first kappa shape index (κ1) is 13.9. The fraction of sp³-hybridized carbons (Fsp3) is 0.222. The predicted octanol–water partition coefficient (Wildman–Crippen LogP) is 2.38. The number of rotatable bonds is 3. The van der Waals surface area contributed by atoms with Crippen molar-refractivity contribution in [1.82, 2.24) is 0 Å². The Hall–Kier alpha value is -0.210. The number of carbonyl (C=O) groups is 1. The molecule has 0 unspecified atom stereocenters. The normalized spacial score (nSPS) is 15.5. The van der Waals surface area contributed by atoms with E-state index in [2.05, 4.69) is 0 Å². The van der Waals surface area contributed by atoms with Crippen molar-refractivity contribution < 1.29 is 17.6 Å². The van der Waals surface area contributed by atoms with Crippen molar-refractivity contribution in [2.45, 2.75) is 2.21 Å². The zero-order valence-corrected chi connectivity index (χ0v) is 11.8. The Kier molecular flexibility index (Phi) is 3.96. The smallest absolute Gasteiger partial charge is 0.257 e. The van der Waals surface area contributed by atoms with E-state index in [1.54, 1.807) is 0 Å². The van der Waals surface area contributed by atoms with E-state index in [1.807, 2.05) is 0 Å². The average Bonchev–Trinajstić information content (AvgIpc) is 2.16. The summed E-state index contributed by atoms with van der Waals surface area (Å²) >= 11 is 7.05. The van der Waals surface area contributed by atoms with E-state index in [-0.39, 0.29) is 5.56 Å². The van der Waals surface area contributed by atoms with Crippen LogP contribution in [-0.4, -0.2) is 22.7 Å². The van der Waals surface area contributed by atoms with Crippen molar-refractivity contribution in [3.8, 4) is 0 Å². The molecule has 0 aliphatic heterocycles. The van der Waals surface area contributed by atoms with E-state index in [1.165, 1.54) is 34.7 Å². The molecule has 0 aliphatic carbocycles. The number of hydrogen-bond acceptors (Lipinski definition) is 3. The summed E-state index contributed by atoms with van der Waals surface area (Å²) < 4.78 is 33.2. The molecule has 0 fully saturated rings. The molecule has 3 nitrogen and oxygen atoms in total. The van der Waals surface area contributed by atoms with Crippen LogP contribution in [0.3, 0.4) is 0 Å². The molecule has 0 spiro atoms. The molecule has 1 aromatic carbocycles. The van der Waals surface area contributed by atoms with Gasteiger partial charge >= 0.3 is 0 Å². The molecule has 0 saturated heterocycles. The van der Waals surface area contributed by atoms with Crippen LogP contribution in [0.1, 0.15) is 10.4 Å². The zero-order chi connectivity index (χ0) is 12.6. The predicted molar refractivity (Wildman–Crippen MR) is 68.2 cm³/mol. The van der Waals surface area contributed by atoms with E-state index in [0.717, 1.165) is 18.4 Å². The second kappa shape index (κ2) is 4.58. The van der Waals surface area contributed by atoms with Crippen LogP contribution in [0.2, 0.25) is 0 Å². The maximum Gasteiger partial charge on any atom is 0.257 e. The molecule has 88 valence electrons. The monoisotopic (exact) mass is 376 g/mol. The second-order valence-corrected chi connectivity index (χ2v) is 9.06. The molecule has 0 bridgehead atoms. The van der Waals surface area contributed by atoms with Gasteiger partial charge in [-0.15, -0.1) is 0 Å². The molecule has 16 heavy (non-hydrogen) atoms. The number of hydrogen-bond donors (Lipinski definition) is 0. The van der Waals surface area contributed by atoms with Gasteiger partial charge in [-0.25, -0.2) is 12.8 Å². The molecular formula is C9H7ClFIO3S. The molecule has 0 aliphatic rings. The Bertz CT molecular complexity index is 510. The van der Waals surface area contributed by atoms with E-state index in [4.69, 9.17) is 11.6 Å². The summed E-state index contributed by atoms with van der Waals surface area (Å²) in [6, 6.07) is 4.52. The largest absolute Gasteiger partial charge is 0.290 e. The van der Waals surface area contributed by atoms with Crippen molar-refractivity contribution in [2.75, 3.05) is 6.26 Å². The number of sulfone groups is 1. The van der Waals surface area contributed by atoms with Gasteiger partial charge in [-0.1, -0.05) is 11.6 Å². The minimum atomic E-state index is -3.75. The Morgan fingerprint density at radius 3 is 2.19 bits per heavy atom. The average molecular weight is 377 g/mol. The third-order valence-corrected chi connectivity index (χ3v) is 6.86. The van der Waals surface area contributed by atoms with Gasteiger partial charge < -0.3 is 0 Å². The van der Waals surface area contributed by atoms with Crippen molar-refractivity contribution >= 4 is 49.8 Å². The van der Waals surface area contributed by atoms with Gasteiger partial charge in [0.05, 0.1) is 0 Å². The number of Topliss-reactive ketones (excluding diaryl/α,β-unsaturated/α-hetero) is 1. The van der Waals surface area contributed by atoms with Crippen molar-refractivity contribution in [3.63, 3.8) is 0 Å². The van der Waals surface area contributed by atoms with Gasteiger partial charge in [0.1, 0.15) is 5.82 Å². The highest BCUT2D eigenvalue weighted by Gasteiger charge is 2.44. The molecule has 7 heteroatoms. The molecule has 0 amide bonds. The molecule has 0 N–H and O–H groups in total. The van der Waals surface area contributed by atoms with E-state index < -0.39 is 23.7 Å². The van der Waals surface area contributed by atoms with Crippen LogP contribution < -0.4 is 0 Å². The number of carbonyl (C=O) groups excluding carboxylic acids is 1. The van der Waals surface area contributed by atoms with Gasteiger partial charge in [-0.3, -0.25) is 4.79 Å². The van der Waals surface area contributed by atoms with E-state index in [9.17, 15) is 17.6 Å². The number of halogens is 3. The molecule has 0 radical (unpaired) electrons. The summed E-state index contributed by atoms with van der Waals surface area (Å²) in [5.41, 5.74) is 0.0521. The summed E-state index contributed by atoms with van der Waals surface area (Å²) in [5.74, 6) is -1.29. The van der Waals surface area contributed by atoms with E-state index >= 15 is 0 Å². The summed E-state index contributed by atoms with van der Waals surface area (Å²) in [6.45, 7) is 0. The fourth-order valence-corrected chi connectivity index (χ4v) is 1.81. The highest BCUT2D eigenvalue weighted by molar-refractivity contribution is 14.1. The first-order valence-electron chi connectivity index (χ1n) is 4.04. The van der Waals surface area contributed by atoms with Crippen molar-refractivity contribution in [2.24, 2.45) is 0 Å². The Morgan fingerprint density at radius 2 is 1.81 bits per heavy atom. The number of ketones is 1. The van der Waals surface area contributed by atoms with Gasteiger partial charge in [0, 0.05) is 11.8 Å². The first-order valence-corrected chi connectivity index (χ1v) is 7.39. The lowest BCUT2D eigenvalue weighted by Gasteiger charge is -2.16. The molecule has 1 atom stereocenters. The molecule has 0 aromatic heterocycles. The standard InChI is InChI=1S/C9H7ClFIO3S/c1-16(14,15)9(10,12)8(13)6-2-4-7(11)5-3-6/h2-5H,1H3/t9-/m1/s1. The molecule has 0 saturated carbocycles. The van der Waals surface area contributed by atoms with E-state index in [0.29, 0.717) is 0 Å². The maximum atomic E-state index is 12.6. The zero-order valence-electron chi connectivity index (χ0n) is 8.08. The fourth-order valence-electron chi connectivity index (χ4n) is 0.938. The lowest BCUT2D eigenvalue weighted by atomic mass is 10.1. The lowest BCUT2D eigenvalue weighted by molar-refractivity contribution is 0.100. The first-order chi connectivity index (χ1) is 7.16. The van der Waals surface area contributed by atoms with Gasteiger partial charge in [0.15, 0.2) is 9.84 Å². The summed E-state index contributed by atoms with van der Waals surface area (Å²) in [5, 5.41) is 0. The van der Waals surface area contributed by atoms with Crippen LogP contribution in [0, 0.1) is 5.82 Å². The molecular weight excluding hydrogens is 370 g/mol. The second-order valence-electron chi connectivity index (χ2n) is 3.12. The van der Waals surface area contributed by atoms with Crippen LogP contribution >= 0.6 is 34.2 Å². The summed E-state index contributed by atoms with van der Waals surface area (Å²) in [7, 11) is -3.75. The van der Waals surface area contributed by atoms with Crippen molar-refractivity contribution in [3.05, 3.63) is 35.6 Å². The lowest BCUT2D eigenvalue weighted by Crippen LogP contribution is -2.34. The third-order valence-electron chi connectivity index (χ3n) is 1.84. The van der Waals surface area contributed by atoms with Crippen LogP contribution in [0.15, 0.2) is 24.3 Å².